The van der Waals surface area contributed by atoms with Crippen LogP contribution in [0.2, 0.25) is 0 Å². The molecular formula is C14H13N3O3. The highest BCUT2D eigenvalue weighted by atomic mass is 16.4. The van der Waals surface area contributed by atoms with Gasteiger partial charge in [0.25, 0.3) is 5.91 Å². The Morgan fingerprint density at radius 2 is 2.15 bits per heavy atom. The van der Waals surface area contributed by atoms with Crippen molar-refractivity contribution in [1.29, 1.82) is 0 Å². The highest BCUT2D eigenvalue weighted by Gasteiger charge is 2.39. The third-order valence-electron chi connectivity index (χ3n) is 3.40. The summed E-state index contributed by atoms with van der Waals surface area (Å²) in [5.74, 6) is -1.41. The molecule has 1 atom stereocenters. The molecule has 1 amide bonds. The lowest BCUT2D eigenvalue weighted by Gasteiger charge is -2.21. The molecular weight excluding hydrogens is 258 g/mol. The maximum absolute atomic E-state index is 12.5. The number of carbonyl (C=O) groups is 2. The summed E-state index contributed by atoms with van der Waals surface area (Å²) in [6.07, 6.45) is 0.320. The number of anilines is 1. The standard InChI is InChI=1S/C14H13N3O3/c1-8-6-10(16-15-8)13(18)17-11-5-3-2-4-9(11)7-12(17)14(19)20/h2-6,12H,7H2,1H3,(H,15,16)(H,19,20)/t12-/m0/s1. The molecule has 2 heterocycles. The average Bonchev–Trinajstić information content (AvgIpc) is 3.01. The SMILES string of the molecule is Cc1cc(C(=O)N2c3ccccc3C[C@H]2C(=O)O)n[nH]1. The van der Waals surface area contributed by atoms with Crippen LogP contribution in [0.15, 0.2) is 30.3 Å². The molecule has 0 aliphatic carbocycles. The molecule has 2 N–H and O–H groups in total. The Bertz CT molecular complexity index is 692. The minimum absolute atomic E-state index is 0.227. The molecule has 102 valence electrons. The van der Waals surface area contributed by atoms with E-state index in [0.29, 0.717) is 12.1 Å². The Kier molecular flexibility index (Phi) is 2.78. The Hall–Kier alpha value is -2.63. The molecule has 0 bridgehead atoms. The van der Waals surface area contributed by atoms with Crippen LogP contribution in [0.1, 0.15) is 21.7 Å². The first kappa shape index (κ1) is 12.4. The lowest BCUT2D eigenvalue weighted by atomic mass is 10.1. The van der Waals surface area contributed by atoms with Crippen molar-refractivity contribution in [2.24, 2.45) is 0 Å². The van der Waals surface area contributed by atoms with Crippen molar-refractivity contribution in [2.45, 2.75) is 19.4 Å². The number of para-hydroxylation sites is 1. The largest absolute Gasteiger partial charge is 0.480 e. The molecule has 2 aromatic rings. The molecule has 0 saturated heterocycles. The number of amides is 1. The molecule has 0 unspecified atom stereocenters. The van der Waals surface area contributed by atoms with Crippen LogP contribution in [0.5, 0.6) is 0 Å². The number of carboxylic acid groups (broad SMARTS) is 1. The Labute approximate surface area is 115 Å². The van der Waals surface area contributed by atoms with Gasteiger partial charge in [0.15, 0.2) is 5.69 Å². The van der Waals surface area contributed by atoms with Gasteiger partial charge in [-0.1, -0.05) is 18.2 Å². The number of nitrogens with zero attached hydrogens (tertiary/aromatic N) is 2. The normalized spacial score (nSPS) is 17.1. The van der Waals surface area contributed by atoms with Gasteiger partial charge in [-0.2, -0.15) is 5.10 Å². The number of aryl methyl sites for hydroxylation is 1. The summed E-state index contributed by atoms with van der Waals surface area (Å²) in [5.41, 5.74) is 2.49. The first-order chi connectivity index (χ1) is 9.58. The Balaban J connectivity index is 2.04. The smallest absolute Gasteiger partial charge is 0.327 e. The van der Waals surface area contributed by atoms with Crippen LogP contribution in [-0.2, 0) is 11.2 Å². The molecule has 0 fully saturated rings. The van der Waals surface area contributed by atoms with E-state index in [-0.39, 0.29) is 5.69 Å². The second-order valence-corrected chi connectivity index (χ2v) is 4.80. The summed E-state index contributed by atoms with van der Waals surface area (Å²) in [6, 6.07) is 7.97. The van der Waals surface area contributed by atoms with Gasteiger partial charge < -0.3 is 5.11 Å². The highest BCUT2D eigenvalue weighted by molar-refractivity contribution is 6.09. The highest BCUT2D eigenvalue weighted by Crippen LogP contribution is 2.33. The number of fused-ring (bicyclic) bond motifs is 1. The maximum Gasteiger partial charge on any atom is 0.327 e. The second-order valence-electron chi connectivity index (χ2n) is 4.80. The predicted molar refractivity (Wildman–Crippen MR) is 71.7 cm³/mol. The third-order valence-corrected chi connectivity index (χ3v) is 3.40. The number of rotatable bonds is 2. The number of nitrogens with one attached hydrogen (secondary N) is 1. The van der Waals surface area contributed by atoms with E-state index in [0.717, 1.165) is 11.3 Å². The van der Waals surface area contributed by atoms with Gasteiger partial charge in [-0.05, 0) is 24.6 Å². The first-order valence-corrected chi connectivity index (χ1v) is 6.24. The molecule has 0 radical (unpaired) electrons. The van der Waals surface area contributed by atoms with E-state index < -0.39 is 17.9 Å². The van der Waals surface area contributed by atoms with Crippen molar-refractivity contribution in [2.75, 3.05) is 4.90 Å². The van der Waals surface area contributed by atoms with Crippen LogP contribution in [-0.4, -0.2) is 33.2 Å². The summed E-state index contributed by atoms with van der Waals surface area (Å²) in [6.45, 7) is 1.79. The minimum Gasteiger partial charge on any atom is -0.480 e. The zero-order valence-corrected chi connectivity index (χ0v) is 10.8. The van der Waals surface area contributed by atoms with Crippen molar-refractivity contribution in [3.63, 3.8) is 0 Å². The van der Waals surface area contributed by atoms with E-state index in [1.807, 2.05) is 12.1 Å². The molecule has 0 saturated carbocycles. The summed E-state index contributed by atoms with van der Waals surface area (Å²) in [4.78, 5) is 25.2. The number of H-pyrrole nitrogens is 1. The van der Waals surface area contributed by atoms with Gasteiger partial charge in [0, 0.05) is 17.8 Å². The molecule has 1 aliphatic rings. The molecule has 1 aromatic carbocycles. The number of hydrogen-bond acceptors (Lipinski definition) is 3. The molecule has 3 rings (SSSR count). The van der Waals surface area contributed by atoms with Crippen molar-refractivity contribution in [3.05, 3.63) is 47.3 Å². The van der Waals surface area contributed by atoms with Crippen molar-refractivity contribution < 1.29 is 14.7 Å². The fourth-order valence-electron chi connectivity index (χ4n) is 2.49. The quantitative estimate of drug-likeness (QED) is 0.863. The second kappa shape index (κ2) is 4.48. The van der Waals surface area contributed by atoms with Crippen LogP contribution >= 0.6 is 0 Å². The van der Waals surface area contributed by atoms with Gasteiger partial charge in [-0.15, -0.1) is 0 Å². The number of aromatic nitrogens is 2. The summed E-state index contributed by atoms with van der Waals surface area (Å²) in [7, 11) is 0. The van der Waals surface area contributed by atoms with Crippen molar-refractivity contribution >= 4 is 17.6 Å². The number of hydrogen-bond donors (Lipinski definition) is 2. The fraction of sp³-hybridized carbons (Fsp3) is 0.214. The zero-order chi connectivity index (χ0) is 14.3. The van der Waals surface area contributed by atoms with Crippen LogP contribution in [0.4, 0.5) is 5.69 Å². The van der Waals surface area contributed by atoms with Gasteiger partial charge >= 0.3 is 5.97 Å². The molecule has 6 nitrogen and oxygen atoms in total. The monoisotopic (exact) mass is 271 g/mol. The number of aliphatic carboxylic acids is 1. The zero-order valence-electron chi connectivity index (χ0n) is 10.8. The maximum atomic E-state index is 12.5. The fourth-order valence-corrected chi connectivity index (χ4v) is 2.49. The lowest BCUT2D eigenvalue weighted by Crippen LogP contribution is -2.43. The van der Waals surface area contributed by atoms with E-state index in [9.17, 15) is 14.7 Å². The number of carboxylic acids is 1. The van der Waals surface area contributed by atoms with Gasteiger partial charge in [0.05, 0.1) is 0 Å². The van der Waals surface area contributed by atoms with Gasteiger partial charge in [-0.3, -0.25) is 14.8 Å². The number of benzene rings is 1. The summed E-state index contributed by atoms with van der Waals surface area (Å²) in [5, 5.41) is 15.9. The van der Waals surface area contributed by atoms with Gasteiger partial charge in [0.1, 0.15) is 6.04 Å². The molecule has 6 heteroatoms. The molecule has 1 aliphatic heterocycles. The van der Waals surface area contributed by atoms with E-state index in [1.165, 1.54) is 4.90 Å². The van der Waals surface area contributed by atoms with Crippen molar-refractivity contribution in [1.82, 2.24) is 10.2 Å². The molecule has 1 aromatic heterocycles. The van der Waals surface area contributed by atoms with Crippen LogP contribution < -0.4 is 4.90 Å². The van der Waals surface area contributed by atoms with E-state index in [2.05, 4.69) is 10.2 Å². The van der Waals surface area contributed by atoms with E-state index in [4.69, 9.17) is 0 Å². The third kappa shape index (κ3) is 1.85. The van der Waals surface area contributed by atoms with E-state index >= 15 is 0 Å². The molecule has 20 heavy (non-hydrogen) atoms. The summed E-state index contributed by atoms with van der Waals surface area (Å²) >= 11 is 0. The number of carbonyl (C=O) groups excluding carboxylic acids is 1. The lowest BCUT2D eigenvalue weighted by molar-refractivity contribution is -0.138. The van der Waals surface area contributed by atoms with Crippen LogP contribution in [0.3, 0.4) is 0 Å². The van der Waals surface area contributed by atoms with E-state index in [1.54, 1.807) is 25.1 Å². The van der Waals surface area contributed by atoms with Gasteiger partial charge in [-0.25, -0.2) is 4.79 Å². The van der Waals surface area contributed by atoms with Crippen molar-refractivity contribution in [3.8, 4) is 0 Å². The Morgan fingerprint density at radius 1 is 1.40 bits per heavy atom. The van der Waals surface area contributed by atoms with Crippen LogP contribution in [0, 0.1) is 6.92 Å². The van der Waals surface area contributed by atoms with Crippen LogP contribution in [0.25, 0.3) is 0 Å². The topological polar surface area (TPSA) is 86.3 Å². The Morgan fingerprint density at radius 3 is 2.80 bits per heavy atom. The predicted octanol–water partition coefficient (Wildman–Crippen LogP) is 1.37. The minimum atomic E-state index is -1.01. The summed E-state index contributed by atoms with van der Waals surface area (Å²) < 4.78 is 0. The first-order valence-electron chi connectivity index (χ1n) is 6.24. The molecule has 0 spiro atoms. The van der Waals surface area contributed by atoms with Gasteiger partial charge in [0.2, 0.25) is 0 Å². The average molecular weight is 271 g/mol. The number of aromatic amines is 1.